The van der Waals surface area contributed by atoms with Gasteiger partial charge in [-0.2, -0.15) is 5.10 Å². The fraction of sp³-hybridized carbons (Fsp3) is 0.0435. The first-order chi connectivity index (χ1) is 15.4. The number of hydrazone groups is 1. The fourth-order valence-corrected chi connectivity index (χ4v) is 2.96. The number of nitrogens with one attached hydrogen (secondary N) is 2. The van der Waals surface area contributed by atoms with Gasteiger partial charge in [0.15, 0.2) is 0 Å². The average Bonchev–Trinajstić information content (AvgIpc) is 2.79. The van der Waals surface area contributed by atoms with Crippen LogP contribution in [0.5, 0.6) is 5.75 Å². The smallest absolute Gasteiger partial charge is 0.345 e. The summed E-state index contributed by atoms with van der Waals surface area (Å²) in [6.45, 7) is -0.266. The molecule has 0 fully saturated rings. The molecule has 0 bridgehead atoms. The summed E-state index contributed by atoms with van der Waals surface area (Å²) < 4.78 is 5.29. The number of nitrogens with zero attached hydrogens (tertiary/aromatic N) is 1. The fourth-order valence-electron chi connectivity index (χ4n) is 2.53. The molecule has 0 unspecified atom stereocenters. The minimum Gasteiger partial charge on any atom is -0.423 e. The average molecular weight is 470 g/mol. The molecule has 3 aromatic rings. The monoisotopic (exact) mass is 469 g/mol. The zero-order valence-corrected chi connectivity index (χ0v) is 18.1. The van der Waals surface area contributed by atoms with Crippen molar-refractivity contribution in [1.82, 2.24) is 10.7 Å². The van der Waals surface area contributed by atoms with Crippen LogP contribution in [-0.4, -0.2) is 30.5 Å². The van der Waals surface area contributed by atoms with Gasteiger partial charge in [-0.05, 0) is 54.1 Å². The van der Waals surface area contributed by atoms with Gasteiger partial charge in [-0.25, -0.2) is 10.2 Å². The molecule has 162 valence electrons. The molecule has 0 atom stereocenters. The second-order valence-electron chi connectivity index (χ2n) is 6.39. The van der Waals surface area contributed by atoms with E-state index in [9.17, 15) is 14.4 Å². The van der Waals surface area contributed by atoms with E-state index in [0.717, 1.165) is 0 Å². The maximum absolute atomic E-state index is 12.2. The number of ether oxygens (including phenoxy) is 1. The van der Waals surface area contributed by atoms with Crippen LogP contribution in [0.15, 0.2) is 77.9 Å². The first-order valence-corrected chi connectivity index (χ1v) is 10.1. The second kappa shape index (κ2) is 11.1. The number of rotatable bonds is 7. The molecule has 0 spiro atoms. The number of benzene rings is 3. The van der Waals surface area contributed by atoms with Gasteiger partial charge in [-0.3, -0.25) is 9.59 Å². The van der Waals surface area contributed by atoms with Crippen LogP contribution in [0.2, 0.25) is 10.0 Å². The Morgan fingerprint density at radius 3 is 2.06 bits per heavy atom. The standard InChI is InChI=1S/C23H17Cl2N3O4/c24-19-7-3-1-5-17(19)22(30)26-14-21(29)28-27-13-15-9-11-16(12-10-15)32-23(31)18-6-2-4-8-20(18)25/h1-13H,14H2,(H,26,30)(H,28,29)/b27-13+. The molecule has 3 aromatic carbocycles. The summed E-state index contributed by atoms with van der Waals surface area (Å²) in [5.41, 5.74) is 3.51. The Kier molecular flexibility index (Phi) is 7.96. The van der Waals surface area contributed by atoms with Crippen molar-refractivity contribution in [2.24, 2.45) is 5.10 Å². The van der Waals surface area contributed by atoms with Gasteiger partial charge in [0, 0.05) is 0 Å². The van der Waals surface area contributed by atoms with Crippen LogP contribution in [0, 0.1) is 0 Å². The summed E-state index contributed by atoms with van der Waals surface area (Å²) in [5, 5.41) is 6.90. The normalized spacial score (nSPS) is 10.6. The van der Waals surface area contributed by atoms with Gasteiger partial charge in [0.2, 0.25) is 0 Å². The Morgan fingerprint density at radius 2 is 1.44 bits per heavy atom. The number of carbonyl (C=O) groups excluding carboxylic acids is 3. The van der Waals surface area contributed by atoms with Gasteiger partial charge < -0.3 is 10.1 Å². The minimum absolute atomic E-state index is 0.266. The van der Waals surface area contributed by atoms with Crippen molar-refractivity contribution in [3.63, 3.8) is 0 Å². The van der Waals surface area contributed by atoms with Crippen LogP contribution < -0.4 is 15.5 Å². The van der Waals surface area contributed by atoms with Crippen LogP contribution in [0.4, 0.5) is 0 Å². The summed E-state index contributed by atoms with van der Waals surface area (Å²) >= 11 is 11.9. The predicted octanol–water partition coefficient (Wildman–Crippen LogP) is 4.09. The van der Waals surface area contributed by atoms with E-state index in [1.54, 1.807) is 72.8 Å². The highest BCUT2D eigenvalue weighted by Crippen LogP contribution is 2.19. The van der Waals surface area contributed by atoms with E-state index in [1.165, 1.54) is 6.21 Å². The van der Waals surface area contributed by atoms with E-state index in [0.29, 0.717) is 21.4 Å². The summed E-state index contributed by atoms with van der Waals surface area (Å²) in [5.74, 6) is -1.20. The van der Waals surface area contributed by atoms with Crippen LogP contribution >= 0.6 is 23.2 Å². The topological polar surface area (TPSA) is 96.9 Å². The molecular formula is C23H17Cl2N3O4. The molecule has 0 radical (unpaired) electrons. The van der Waals surface area contributed by atoms with Crippen molar-refractivity contribution < 1.29 is 19.1 Å². The molecule has 0 saturated carbocycles. The number of halogens is 2. The van der Waals surface area contributed by atoms with Gasteiger partial charge in [-0.15, -0.1) is 0 Å². The first-order valence-electron chi connectivity index (χ1n) is 9.35. The Balaban J connectivity index is 1.47. The zero-order chi connectivity index (χ0) is 22.9. The molecule has 3 rings (SSSR count). The second-order valence-corrected chi connectivity index (χ2v) is 7.21. The molecule has 9 heteroatoms. The van der Waals surface area contributed by atoms with Gasteiger partial charge >= 0.3 is 5.97 Å². The summed E-state index contributed by atoms with van der Waals surface area (Å²) in [6, 6.07) is 19.6. The number of carbonyl (C=O) groups is 3. The third-order valence-electron chi connectivity index (χ3n) is 4.12. The van der Waals surface area contributed by atoms with Crippen LogP contribution in [0.3, 0.4) is 0 Å². The number of esters is 1. The van der Waals surface area contributed by atoms with E-state index >= 15 is 0 Å². The Morgan fingerprint density at radius 1 is 0.844 bits per heavy atom. The van der Waals surface area contributed by atoms with Gasteiger partial charge in [0.05, 0.1) is 33.9 Å². The highest BCUT2D eigenvalue weighted by atomic mass is 35.5. The molecule has 0 saturated heterocycles. The van der Waals surface area contributed by atoms with Crippen molar-refractivity contribution in [2.45, 2.75) is 0 Å². The number of hydrogen-bond acceptors (Lipinski definition) is 5. The highest BCUT2D eigenvalue weighted by Gasteiger charge is 2.12. The minimum atomic E-state index is -0.567. The summed E-state index contributed by atoms with van der Waals surface area (Å²) in [7, 11) is 0. The van der Waals surface area contributed by atoms with Gasteiger partial charge in [0.1, 0.15) is 5.75 Å². The van der Waals surface area contributed by atoms with Crippen molar-refractivity contribution in [2.75, 3.05) is 6.54 Å². The van der Waals surface area contributed by atoms with E-state index in [1.807, 2.05) is 0 Å². The van der Waals surface area contributed by atoms with E-state index in [-0.39, 0.29) is 17.7 Å². The molecule has 7 nitrogen and oxygen atoms in total. The lowest BCUT2D eigenvalue weighted by molar-refractivity contribution is -0.120. The van der Waals surface area contributed by atoms with Crippen molar-refractivity contribution in [3.8, 4) is 5.75 Å². The van der Waals surface area contributed by atoms with Crippen LogP contribution in [0.25, 0.3) is 0 Å². The van der Waals surface area contributed by atoms with E-state index in [2.05, 4.69) is 15.8 Å². The molecule has 0 aromatic heterocycles. The lowest BCUT2D eigenvalue weighted by Gasteiger charge is -2.06. The SMILES string of the molecule is O=C(CNC(=O)c1ccccc1Cl)N/N=C/c1ccc(OC(=O)c2ccccc2Cl)cc1. The number of amides is 2. The molecular weight excluding hydrogens is 453 g/mol. The molecule has 32 heavy (non-hydrogen) atoms. The van der Waals surface area contributed by atoms with Gasteiger partial charge in [-0.1, -0.05) is 47.5 Å². The molecule has 2 N–H and O–H groups in total. The Labute approximate surface area is 194 Å². The summed E-state index contributed by atoms with van der Waals surface area (Å²) in [6.07, 6.45) is 1.41. The third-order valence-corrected chi connectivity index (χ3v) is 4.77. The van der Waals surface area contributed by atoms with Crippen molar-refractivity contribution in [3.05, 3.63) is 99.5 Å². The molecule has 2 amide bonds. The number of hydrogen-bond donors (Lipinski definition) is 2. The lowest BCUT2D eigenvalue weighted by atomic mass is 10.2. The quantitative estimate of drug-likeness (QED) is 0.235. The highest BCUT2D eigenvalue weighted by molar-refractivity contribution is 6.34. The lowest BCUT2D eigenvalue weighted by Crippen LogP contribution is -2.35. The Hall–Kier alpha value is -3.68. The molecule has 0 aliphatic rings. The van der Waals surface area contributed by atoms with E-state index < -0.39 is 17.8 Å². The third kappa shape index (κ3) is 6.41. The maximum atomic E-state index is 12.2. The van der Waals surface area contributed by atoms with Crippen molar-refractivity contribution in [1.29, 1.82) is 0 Å². The predicted molar refractivity (Wildman–Crippen MR) is 122 cm³/mol. The largest absolute Gasteiger partial charge is 0.423 e. The first kappa shape index (κ1) is 23.0. The van der Waals surface area contributed by atoms with Crippen molar-refractivity contribution >= 4 is 47.2 Å². The molecule has 0 aliphatic heterocycles. The Bertz CT molecular complexity index is 1160. The van der Waals surface area contributed by atoms with Crippen LogP contribution in [0.1, 0.15) is 26.3 Å². The maximum Gasteiger partial charge on any atom is 0.345 e. The summed E-state index contributed by atoms with van der Waals surface area (Å²) in [4.78, 5) is 36.0. The zero-order valence-electron chi connectivity index (χ0n) is 16.5. The van der Waals surface area contributed by atoms with Crippen LogP contribution in [-0.2, 0) is 4.79 Å². The van der Waals surface area contributed by atoms with Gasteiger partial charge in [0.25, 0.3) is 11.8 Å². The molecule has 0 aliphatic carbocycles. The van der Waals surface area contributed by atoms with E-state index in [4.69, 9.17) is 27.9 Å². The molecule has 0 heterocycles.